The molecular formula is C29H34N4O5S. The van der Waals surface area contributed by atoms with Gasteiger partial charge in [-0.05, 0) is 55.3 Å². The maximum absolute atomic E-state index is 11.2. The minimum Gasteiger partial charge on any atom is -0.493 e. The third-order valence-electron chi connectivity index (χ3n) is 5.94. The number of methoxy groups -OCH3 is 1. The molecule has 206 valence electrons. The Morgan fingerprint density at radius 1 is 0.872 bits per heavy atom. The van der Waals surface area contributed by atoms with E-state index in [0.717, 1.165) is 47.3 Å². The zero-order valence-corrected chi connectivity index (χ0v) is 23.0. The predicted octanol–water partition coefficient (Wildman–Crippen LogP) is 4.75. The van der Waals surface area contributed by atoms with Crippen LogP contribution < -0.4 is 24.8 Å². The van der Waals surface area contributed by atoms with Gasteiger partial charge in [0, 0.05) is 29.9 Å². The number of ether oxygens (including phenoxy) is 3. The Bertz CT molecular complexity index is 1450. The number of rotatable bonds is 15. The first-order valence-corrected chi connectivity index (χ1v) is 14.8. The van der Waals surface area contributed by atoms with Crippen LogP contribution >= 0.6 is 0 Å². The van der Waals surface area contributed by atoms with Crippen molar-refractivity contribution in [3.63, 3.8) is 0 Å². The standard InChI is InChI=1S/C29H34N4O5S/c1-36-27-18-25-26(19-28(27)37-16-7-6-14-30-15-17-39(2,34)35)31-21-32-29(25)33-23-10-12-24(13-11-23)38-20-22-8-4-3-5-9-22/h3-5,8-13,18-19,21,30H,6-7,14-17,20H2,1-2H3,(H,31,32,33). The topological polar surface area (TPSA) is 112 Å². The Morgan fingerprint density at radius 3 is 2.41 bits per heavy atom. The highest BCUT2D eigenvalue weighted by Gasteiger charge is 2.12. The van der Waals surface area contributed by atoms with Crippen LogP contribution in [0.2, 0.25) is 0 Å². The highest BCUT2D eigenvalue weighted by Crippen LogP contribution is 2.35. The third kappa shape index (κ3) is 8.83. The van der Waals surface area contributed by atoms with Crippen molar-refractivity contribution in [3.8, 4) is 17.2 Å². The summed E-state index contributed by atoms with van der Waals surface area (Å²) in [5, 5.41) is 7.30. The molecule has 0 saturated carbocycles. The summed E-state index contributed by atoms with van der Waals surface area (Å²) < 4.78 is 39.8. The van der Waals surface area contributed by atoms with Crippen LogP contribution in [0.15, 0.2) is 73.1 Å². The molecule has 0 fully saturated rings. The number of hydrogen-bond acceptors (Lipinski definition) is 9. The Balaban J connectivity index is 1.33. The summed E-state index contributed by atoms with van der Waals surface area (Å²) in [6.45, 7) is 2.21. The molecule has 0 saturated heterocycles. The van der Waals surface area contributed by atoms with Crippen LogP contribution in [0.4, 0.5) is 11.5 Å². The summed E-state index contributed by atoms with van der Waals surface area (Å²) >= 11 is 0. The van der Waals surface area contributed by atoms with E-state index >= 15 is 0 Å². The van der Waals surface area contributed by atoms with Crippen molar-refractivity contribution in [2.24, 2.45) is 0 Å². The van der Waals surface area contributed by atoms with Crippen molar-refractivity contribution in [2.75, 3.05) is 44.1 Å². The lowest BCUT2D eigenvalue weighted by Crippen LogP contribution is -2.23. The molecule has 0 unspecified atom stereocenters. The molecule has 0 spiro atoms. The van der Waals surface area contributed by atoms with Gasteiger partial charge in [-0.1, -0.05) is 30.3 Å². The first-order valence-electron chi connectivity index (χ1n) is 12.8. The second-order valence-corrected chi connectivity index (χ2v) is 11.4. The van der Waals surface area contributed by atoms with Crippen molar-refractivity contribution >= 4 is 32.2 Å². The average molecular weight is 551 g/mol. The van der Waals surface area contributed by atoms with E-state index < -0.39 is 9.84 Å². The number of anilines is 2. The summed E-state index contributed by atoms with van der Waals surface area (Å²) in [7, 11) is -1.34. The van der Waals surface area contributed by atoms with Crippen LogP contribution in [0.1, 0.15) is 18.4 Å². The highest BCUT2D eigenvalue weighted by molar-refractivity contribution is 7.90. The van der Waals surface area contributed by atoms with E-state index in [2.05, 4.69) is 20.6 Å². The van der Waals surface area contributed by atoms with Crippen LogP contribution in [-0.2, 0) is 16.4 Å². The van der Waals surface area contributed by atoms with Gasteiger partial charge in [0.2, 0.25) is 0 Å². The smallest absolute Gasteiger partial charge is 0.163 e. The molecule has 9 nitrogen and oxygen atoms in total. The first-order chi connectivity index (χ1) is 18.9. The largest absolute Gasteiger partial charge is 0.493 e. The Morgan fingerprint density at radius 2 is 1.67 bits per heavy atom. The SMILES string of the molecule is COc1cc2c(Nc3ccc(OCc4ccccc4)cc3)ncnc2cc1OCCCCNCCS(C)(=O)=O. The zero-order valence-electron chi connectivity index (χ0n) is 22.2. The maximum atomic E-state index is 11.2. The van der Waals surface area contributed by atoms with Crippen molar-refractivity contribution in [3.05, 3.63) is 78.6 Å². The summed E-state index contributed by atoms with van der Waals surface area (Å²) in [6, 6.07) is 21.5. The number of nitrogens with one attached hydrogen (secondary N) is 2. The number of nitrogens with zero attached hydrogens (tertiary/aromatic N) is 2. The molecule has 0 aliphatic rings. The molecule has 0 bridgehead atoms. The molecule has 1 heterocycles. The van der Waals surface area contributed by atoms with Gasteiger partial charge in [0.15, 0.2) is 11.5 Å². The first kappa shape index (κ1) is 28.1. The van der Waals surface area contributed by atoms with E-state index in [1.165, 1.54) is 12.6 Å². The summed E-state index contributed by atoms with van der Waals surface area (Å²) in [6.07, 6.45) is 4.44. The molecule has 0 aliphatic carbocycles. The fraction of sp³-hybridized carbons (Fsp3) is 0.310. The van der Waals surface area contributed by atoms with E-state index in [4.69, 9.17) is 14.2 Å². The minimum absolute atomic E-state index is 0.144. The number of sulfone groups is 1. The molecule has 10 heteroatoms. The zero-order chi connectivity index (χ0) is 27.5. The number of unbranched alkanes of at least 4 members (excludes halogenated alkanes) is 1. The van der Waals surface area contributed by atoms with Crippen LogP contribution in [0.5, 0.6) is 17.2 Å². The van der Waals surface area contributed by atoms with Gasteiger partial charge in [-0.2, -0.15) is 0 Å². The van der Waals surface area contributed by atoms with Gasteiger partial charge >= 0.3 is 0 Å². The van der Waals surface area contributed by atoms with Crippen LogP contribution in [-0.4, -0.2) is 57.2 Å². The van der Waals surface area contributed by atoms with Gasteiger partial charge in [0.1, 0.15) is 34.3 Å². The molecule has 0 aliphatic heterocycles. The highest BCUT2D eigenvalue weighted by atomic mass is 32.2. The molecule has 39 heavy (non-hydrogen) atoms. The lowest BCUT2D eigenvalue weighted by Gasteiger charge is -2.14. The average Bonchev–Trinajstić information content (AvgIpc) is 2.94. The van der Waals surface area contributed by atoms with Gasteiger partial charge in [-0.25, -0.2) is 18.4 Å². The maximum Gasteiger partial charge on any atom is 0.163 e. The molecule has 1 aromatic heterocycles. The second-order valence-electron chi connectivity index (χ2n) is 9.10. The molecular weight excluding hydrogens is 516 g/mol. The van der Waals surface area contributed by atoms with E-state index in [1.54, 1.807) is 7.11 Å². The predicted molar refractivity (Wildman–Crippen MR) is 154 cm³/mol. The van der Waals surface area contributed by atoms with Crippen molar-refractivity contribution < 1.29 is 22.6 Å². The van der Waals surface area contributed by atoms with Crippen molar-refractivity contribution in [1.29, 1.82) is 0 Å². The molecule has 0 amide bonds. The molecule has 0 radical (unpaired) electrons. The van der Waals surface area contributed by atoms with Gasteiger partial charge in [0.05, 0.1) is 25.0 Å². The lowest BCUT2D eigenvalue weighted by molar-refractivity contribution is 0.286. The number of fused-ring (bicyclic) bond motifs is 1. The van der Waals surface area contributed by atoms with Gasteiger partial charge < -0.3 is 24.8 Å². The number of benzene rings is 3. The van der Waals surface area contributed by atoms with Gasteiger partial charge in [-0.15, -0.1) is 0 Å². The lowest BCUT2D eigenvalue weighted by atomic mass is 10.2. The summed E-state index contributed by atoms with van der Waals surface area (Å²) in [5.41, 5.74) is 2.71. The Labute approximate surface area is 229 Å². The number of hydrogen-bond donors (Lipinski definition) is 2. The van der Waals surface area contributed by atoms with Crippen LogP contribution in [0.25, 0.3) is 10.9 Å². The van der Waals surface area contributed by atoms with E-state index in [0.29, 0.717) is 37.1 Å². The minimum atomic E-state index is -2.94. The van der Waals surface area contributed by atoms with Crippen LogP contribution in [0, 0.1) is 0 Å². The van der Waals surface area contributed by atoms with Crippen molar-refractivity contribution in [2.45, 2.75) is 19.4 Å². The quantitative estimate of drug-likeness (QED) is 0.202. The molecule has 4 rings (SSSR count). The second kappa shape index (κ2) is 13.8. The van der Waals surface area contributed by atoms with E-state index in [9.17, 15) is 8.42 Å². The van der Waals surface area contributed by atoms with Gasteiger partial charge in [-0.3, -0.25) is 0 Å². The van der Waals surface area contributed by atoms with Gasteiger partial charge in [0.25, 0.3) is 0 Å². The third-order valence-corrected chi connectivity index (χ3v) is 6.89. The molecule has 3 aromatic carbocycles. The fourth-order valence-corrected chi connectivity index (χ4v) is 4.38. The fourth-order valence-electron chi connectivity index (χ4n) is 3.86. The molecule has 2 N–H and O–H groups in total. The Hall–Kier alpha value is -3.89. The van der Waals surface area contributed by atoms with Crippen LogP contribution in [0.3, 0.4) is 0 Å². The number of aromatic nitrogens is 2. The molecule has 4 aromatic rings. The van der Waals surface area contributed by atoms with E-state index in [-0.39, 0.29) is 5.75 Å². The monoisotopic (exact) mass is 550 g/mol. The summed E-state index contributed by atoms with van der Waals surface area (Å²) in [5.74, 6) is 2.79. The molecule has 0 atom stereocenters. The van der Waals surface area contributed by atoms with Crippen molar-refractivity contribution in [1.82, 2.24) is 15.3 Å². The van der Waals surface area contributed by atoms with E-state index in [1.807, 2.05) is 66.7 Å². The normalized spacial score (nSPS) is 11.3. The Kier molecular flexibility index (Phi) is 9.93. The summed E-state index contributed by atoms with van der Waals surface area (Å²) in [4.78, 5) is 8.86.